The first-order valence-corrected chi connectivity index (χ1v) is 5.87. The lowest BCUT2D eigenvalue weighted by Gasteiger charge is -2.14. The number of aryl methyl sites for hydroxylation is 1. The molecule has 2 rings (SSSR count). The Morgan fingerprint density at radius 2 is 2.50 bits per heavy atom. The van der Waals surface area contributed by atoms with Crippen molar-refractivity contribution < 1.29 is 4.74 Å². The molecule has 2 heterocycles. The van der Waals surface area contributed by atoms with Crippen molar-refractivity contribution in [2.24, 2.45) is 0 Å². The Kier molecular flexibility index (Phi) is 4.58. The molecule has 4 heteroatoms. The summed E-state index contributed by atoms with van der Waals surface area (Å²) in [6.45, 7) is 4.71. The summed E-state index contributed by atoms with van der Waals surface area (Å²) in [6, 6.07) is 0. The molecule has 0 saturated heterocycles. The Morgan fingerprint density at radius 1 is 1.50 bits per heavy atom. The molecule has 16 heavy (non-hydrogen) atoms. The highest BCUT2D eigenvalue weighted by Crippen LogP contribution is 2.03. The van der Waals surface area contributed by atoms with E-state index in [0.717, 1.165) is 45.7 Å². The van der Waals surface area contributed by atoms with Gasteiger partial charge in [0.2, 0.25) is 0 Å². The molecule has 0 saturated carbocycles. The molecule has 1 aliphatic rings. The van der Waals surface area contributed by atoms with Crippen LogP contribution in [0, 0.1) is 0 Å². The fraction of sp³-hybridized carbons (Fsp3) is 0.583. The van der Waals surface area contributed by atoms with E-state index in [4.69, 9.17) is 4.74 Å². The standard InChI is InChI=1S/C12H19N3O/c1-3-12(10-16-8-1)9-13-4-2-6-15-7-5-14-11-15/h3,5,7,11,13H,1-2,4,6,8-10H2. The molecule has 0 bridgehead atoms. The van der Waals surface area contributed by atoms with Crippen molar-refractivity contribution in [2.75, 3.05) is 26.3 Å². The third-order valence-corrected chi connectivity index (χ3v) is 2.66. The number of aromatic nitrogens is 2. The molecular weight excluding hydrogens is 202 g/mol. The van der Waals surface area contributed by atoms with Gasteiger partial charge in [0, 0.05) is 25.5 Å². The molecule has 4 nitrogen and oxygen atoms in total. The molecular formula is C12H19N3O. The predicted molar refractivity (Wildman–Crippen MR) is 63.2 cm³/mol. The van der Waals surface area contributed by atoms with Crippen molar-refractivity contribution in [3.63, 3.8) is 0 Å². The summed E-state index contributed by atoms with van der Waals surface area (Å²) in [6.07, 6.45) is 10.1. The number of nitrogens with one attached hydrogen (secondary N) is 1. The fourth-order valence-electron chi connectivity index (χ4n) is 1.79. The third-order valence-electron chi connectivity index (χ3n) is 2.66. The van der Waals surface area contributed by atoms with Crippen molar-refractivity contribution in [2.45, 2.75) is 19.4 Å². The number of imidazole rings is 1. The number of hydrogen-bond donors (Lipinski definition) is 1. The summed E-state index contributed by atoms with van der Waals surface area (Å²) in [7, 11) is 0. The minimum absolute atomic E-state index is 0.800. The largest absolute Gasteiger partial charge is 0.377 e. The van der Waals surface area contributed by atoms with Gasteiger partial charge in [-0.3, -0.25) is 0 Å². The summed E-state index contributed by atoms with van der Waals surface area (Å²) in [5.41, 5.74) is 1.38. The first-order valence-electron chi connectivity index (χ1n) is 5.87. The van der Waals surface area contributed by atoms with Gasteiger partial charge in [-0.1, -0.05) is 6.08 Å². The highest BCUT2D eigenvalue weighted by molar-refractivity contribution is 5.06. The van der Waals surface area contributed by atoms with Crippen molar-refractivity contribution in [3.05, 3.63) is 30.4 Å². The van der Waals surface area contributed by atoms with Gasteiger partial charge in [-0.25, -0.2) is 4.98 Å². The van der Waals surface area contributed by atoms with Crippen LogP contribution in [0.2, 0.25) is 0 Å². The van der Waals surface area contributed by atoms with Gasteiger partial charge in [0.1, 0.15) is 0 Å². The van der Waals surface area contributed by atoms with E-state index in [9.17, 15) is 0 Å². The topological polar surface area (TPSA) is 39.1 Å². The summed E-state index contributed by atoms with van der Waals surface area (Å²) >= 11 is 0. The Hall–Kier alpha value is -1.13. The average Bonchev–Trinajstić information content (AvgIpc) is 2.83. The quantitative estimate of drug-likeness (QED) is 0.579. The molecule has 0 aromatic carbocycles. The van der Waals surface area contributed by atoms with Gasteiger partial charge < -0.3 is 14.6 Å². The summed E-state index contributed by atoms with van der Waals surface area (Å²) < 4.78 is 7.48. The minimum Gasteiger partial charge on any atom is -0.377 e. The van der Waals surface area contributed by atoms with Crippen LogP contribution in [0.4, 0.5) is 0 Å². The average molecular weight is 221 g/mol. The van der Waals surface area contributed by atoms with Crippen LogP contribution in [0.15, 0.2) is 30.4 Å². The van der Waals surface area contributed by atoms with Crippen molar-refractivity contribution in [3.8, 4) is 0 Å². The second kappa shape index (κ2) is 6.45. The van der Waals surface area contributed by atoms with Crippen LogP contribution in [-0.4, -0.2) is 35.9 Å². The fourth-order valence-corrected chi connectivity index (χ4v) is 1.79. The summed E-state index contributed by atoms with van der Waals surface area (Å²) in [5.74, 6) is 0. The molecule has 0 atom stereocenters. The van der Waals surface area contributed by atoms with Crippen LogP contribution in [0.3, 0.4) is 0 Å². The maximum Gasteiger partial charge on any atom is 0.0945 e. The lowest BCUT2D eigenvalue weighted by Crippen LogP contribution is -2.23. The predicted octanol–water partition coefficient (Wildman–Crippen LogP) is 1.21. The molecule has 88 valence electrons. The Bertz CT molecular complexity index is 319. The van der Waals surface area contributed by atoms with Crippen molar-refractivity contribution in [1.29, 1.82) is 0 Å². The Balaban J connectivity index is 1.53. The lowest BCUT2D eigenvalue weighted by atomic mass is 10.2. The zero-order chi connectivity index (χ0) is 11.1. The number of rotatable bonds is 6. The number of nitrogens with zero attached hydrogens (tertiary/aromatic N) is 2. The SMILES string of the molecule is C1=C(CNCCCn2ccnc2)COCC1. The molecule has 0 aliphatic carbocycles. The van der Waals surface area contributed by atoms with Crippen LogP contribution < -0.4 is 5.32 Å². The first-order chi connectivity index (χ1) is 7.95. The van der Waals surface area contributed by atoms with E-state index in [1.54, 1.807) is 0 Å². The van der Waals surface area contributed by atoms with Crippen LogP contribution in [0.1, 0.15) is 12.8 Å². The van der Waals surface area contributed by atoms with E-state index < -0.39 is 0 Å². The smallest absolute Gasteiger partial charge is 0.0945 e. The zero-order valence-electron chi connectivity index (χ0n) is 9.56. The van der Waals surface area contributed by atoms with E-state index in [-0.39, 0.29) is 0 Å². The van der Waals surface area contributed by atoms with Gasteiger partial charge in [0.05, 0.1) is 19.5 Å². The van der Waals surface area contributed by atoms with E-state index >= 15 is 0 Å². The van der Waals surface area contributed by atoms with Gasteiger partial charge in [-0.2, -0.15) is 0 Å². The molecule has 1 aromatic rings. The zero-order valence-corrected chi connectivity index (χ0v) is 9.56. The summed E-state index contributed by atoms with van der Waals surface area (Å²) in [5, 5.41) is 3.44. The lowest BCUT2D eigenvalue weighted by molar-refractivity contribution is 0.149. The normalized spacial score (nSPS) is 16.1. The maximum atomic E-state index is 5.38. The van der Waals surface area contributed by atoms with Crippen LogP contribution in [-0.2, 0) is 11.3 Å². The van der Waals surface area contributed by atoms with Crippen molar-refractivity contribution in [1.82, 2.24) is 14.9 Å². The maximum absolute atomic E-state index is 5.38. The highest BCUT2D eigenvalue weighted by atomic mass is 16.5. The molecule has 0 amide bonds. The van der Waals surface area contributed by atoms with Gasteiger partial charge in [-0.15, -0.1) is 0 Å². The second-order valence-electron chi connectivity index (χ2n) is 4.03. The third kappa shape index (κ3) is 3.79. The van der Waals surface area contributed by atoms with E-state index in [1.807, 2.05) is 18.7 Å². The van der Waals surface area contributed by atoms with Crippen molar-refractivity contribution >= 4 is 0 Å². The number of ether oxygens (including phenoxy) is 1. The molecule has 0 radical (unpaired) electrons. The molecule has 0 unspecified atom stereocenters. The van der Waals surface area contributed by atoms with E-state index in [1.165, 1.54) is 5.57 Å². The molecule has 1 aliphatic heterocycles. The van der Waals surface area contributed by atoms with Crippen LogP contribution in [0.5, 0.6) is 0 Å². The monoisotopic (exact) mass is 221 g/mol. The van der Waals surface area contributed by atoms with Crippen LogP contribution >= 0.6 is 0 Å². The van der Waals surface area contributed by atoms with Crippen LogP contribution in [0.25, 0.3) is 0 Å². The second-order valence-corrected chi connectivity index (χ2v) is 4.03. The van der Waals surface area contributed by atoms with E-state index in [0.29, 0.717) is 0 Å². The molecule has 1 aromatic heterocycles. The molecule has 1 N–H and O–H groups in total. The van der Waals surface area contributed by atoms with E-state index in [2.05, 4.69) is 20.9 Å². The highest BCUT2D eigenvalue weighted by Gasteiger charge is 2.02. The van der Waals surface area contributed by atoms with Gasteiger partial charge in [-0.05, 0) is 25.0 Å². The minimum atomic E-state index is 0.800. The Morgan fingerprint density at radius 3 is 3.25 bits per heavy atom. The van der Waals surface area contributed by atoms with Gasteiger partial charge in [0.25, 0.3) is 0 Å². The number of hydrogen-bond acceptors (Lipinski definition) is 3. The van der Waals surface area contributed by atoms with Gasteiger partial charge in [0.15, 0.2) is 0 Å². The molecule has 0 spiro atoms. The first kappa shape index (κ1) is 11.4. The Labute approximate surface area is 96.3 Å². The summed E-state index contributed by atoms with van der Waals surface area (Å²) in [4.78, 5) is 4.01. The van der Waals surface area contributed by atoms with Gasteiger partial charge >= 0.3 is 0 Å². The molecule has 0 fully saturated rings.